The van der Waals surface area contributed by atoms with Crippen molar-refractivity contribution in [2.45, 2.75) is 6.92 Å². The largest absolute Gasteiger partial charge is 0.465 e. The van der Waals surface area contributed by atoms with Gasteiger partial charge in [0.2, 0.25) is 0 Å². The van der Waals surface area contributed by atoms with Crippen LogP contribution in [0.1, 0.15) is 11.3 Å². The number of hydrogen-bond acceptors (Lipinski definition) is 2. The second-order valence-corrected chi connectivity index (χ2v) is 3.67. The van der Waals surface area contributed by atoms with Gasteiger partial charge < -0.3 is 10.0 Å². The maximum atomic E-state index is 10.5. The molecule has 0 unspecified atom stereocenters. The Balaban J connectivity index is 2.01. The summed E-state index contributed by atoms with van der Waals surface area (Å²) in [5.41, 5.74) is 3.14. The molecule has 0 bridgehead atoms. The molecule has 0 aliphatic carbocycles. The molecule has 1 aliphatic heterocycles. The van der Waals surface area contributed by atoms with Crippen LogP contribution in [0.25, 0.3) is 6.08 Å². The van der Waals surface area contributed by atoms with E-state index in [1.807, 2.05) is 25.1 Å². The molecule has 0 saturated carbocycles. The molecule has 78 valence electrons. The number of likely N-dealkylation sites (tertiary alicyclic amines) is 1. The second kappa shape index (κ2) is 3.73. The molecule has 1 aromatic heterocycles. The molecule has 1 aromatic rings. The van der Waals surface area contributed by atoms with Gasteiger partial charge in [0.25, 0.3) is 0 Å². The van der Waals surface area contributed by atoms with Crippen LogP contribution < -0.4 is 0 Å². The smallest absolute Gasteiger partial charge is 0.407 e. The van der Waals surface area contributed by atoms with Gasteiger partial charge in [-0.3, -0.25) is 4.98 Å². The van der Waals surface area contributed by atoms with E-state index in [9.17, 15) is 4.79 Å². The topological polar surface area (TPSA) is 53.4 Å². The van der Waals surface area contributed by atoms with Crippen molar-refractivity contribution in [1.82, 2.24) is 9.88 Å². The highest BCUT2D eigenvalue weighted by molar-refractivity contribution is 5.70. The van der Waals surface area contributed by atoms with Gasteiger partial charge in [0.15, 0.2) is 0 Å². The van der Waals surface area contributed by atoms with Gasteiger partial charge in [-0.1, -0.05) is 12.1 Å². The Morgan fingerprint density at radius 1 is 1.53 bits per heavy atom. The highest BCUT2D eigenvalue weighted by atomic mass is 16.4. The zero-order chi connectivity index (χ0) is 10.8. The standard InChI is InChI=1S/C11H12N2O2/c1-8-2-3-9(5-12-8)4-10-6-13(7-10)11(14)15/h2-5H,6-7H2,1H3,(H,14,15). The number of aryl methyl sites for hydroxylation is 1. The van der Waals surface area contributed by atoms with Gasteiger partial charge in [-0.15, -0.1) is 0 Å². The van der Waals surface area contributed by atoms with Gasteiger partial charge in [-0.2, -0.15) is 0 Å². The quantitative estimate of drug-likeness (QED) is 0.758. The molecule has 1 amide bonds. The number of hydrogen-bond donors (Lipinski definition) is 1. The van der Waals surface area contributed by atoms with Crippen molar-refractivity contribution in [3.63, 3.8) is 0 Å². The fourth-order valence-corrected chi connectivity index (χ4v) is 1.47. The van der Waals surface area contributed by atoms with Gasteiger partial charge in [0, 0.05) is 25.0 Å². The Kier molecular flexibility index (Phi) is 2.41. The molecule has 1 N–H and O–H groups in total. The molecule has 0 radical (unpaired) electrons. The molecule has 15 heavy (non-hydrogen) atoms. The summed E-state index contributed by atoms with van der Waals surface area (Å²) in [5, 5.41) is 8.64. The summed E-state index contributed by atoms with van der Waals surface area (Å²) in [7, 11) is 0. The SMILES string of the molecule is Cc1ccc(C=C2CN(C(=O)O)C2)cn1. The Morgan fingerprint density at radius 2 is 2.27 bits per heavy atom. The summed E-state index contributed by atoms with van der Waals surface area (Å²) in [4.78, 5) is 16.0. The summed E-state index contributed by atoms with van der Waals surface area (Å²) in [6.45, 7) is 2.97. The van der Waals surface area contributed by atoms with Crippen molar-refractivity contribution in [1.29, 1.82) is 0 Å². The lowest BCUT2D eigenvalue weighted by Gasteiger charge is -2.31. The Labute approximate surface area is 87.9 Å². The molecule has 0 spiro atoms. The van der Waals surface area contributed by atoms with Crippen molar-refractivity contribution in [3.05, 3.63) is 35.2 Å². The predicted molar refractivity (Wildman–Crippen MR) is 56.5 cm³/mol. The first-order chi connectivity index (χ1) is 7.15. The number of carbonyl (C=O) groups is 1. The molecule has 4 heteroatoms. The van der Waals surface area contributed by atoms with Crippen LogP contribution in [-0.2, 0) is 0 Å². The number of amides is 1. The van der Waals surface area contributed by atoms with E-state index in [0.717, 1.165) is 16.8 Å². The second-order valence-electron chi connectivity index (χ2n) is 3.67. The summed E-state index contributed by atoms with van der Waals surface area (Å²) in [6, 6.07) is 3.93. The monoisotopic (exact) mass is 204 g/mol. The lowest BCUT2D eigenvalue weighted by atomic mass is 10.1. The van der Waals surface area contributed by atoms with Gasteiger partial charge in [-0.05, 0) is 24.1 Å². The Bertz CT molecular complexity index is 401. The van der Waals surface area contributed by atoms with Crippen LogP contribution in [0.2, 0.25) is 0 Å². The van der Waals surface area contributed by atoms with Crippen molar-refractivity contribution in [3.8, 4) is 0 Å². The highest BCUT2D eigenvalue weighted by Gasteiger charge is 2.23. The number of aromatic nitrogens is 1. The third-order valence-corrected chi connectivity index (χ3v) is 2.36. The zero-order valence-corrected chi connectivity index (χ0v) is 8.47. The lowest BCUT2D eigenvalue weighted by molar-refractivity contribution is 0.138. The molecule has 1 saturated heterocycles. The van der Waals surface area contributed by atoms with Crippen molar-refractivity contribution in [2.75, 3.05) is 13.1 Å². The van der Waals surface area contributed by atoms with Gasteiger partial charge in [-0.25, -0.2) is 4.79 Å². The first-order valence-corrected chi connectivity index (χ1v) is 4.75. The molecule has 0 atom stereocenters. The van der Waals surface area contributed by atoms with Crippen LogP contribution in [0.15, 0.2) is 23.9 Å². The molecule has 4 nitrogen and oxygen atoms in total. The molecule has 2 heterocycles. The molecule has 0 aromatic carbocycles. The zero-order valence-electron chi connectivity index (χ0n) is 8.47. The van der Waals surface area contributed by atoms with E-state index in [0.29, 0.717) is 13.1 Å². The van der Waals surface area contributed by atoms with E-state index >= 15 is 0 Å². The van der Waals surface area contributed by atoms with Crippen molar-refractivity contribution >= 4 is 12.2 Å². The summed E-state index contributed by atoms with van der Waals surface area (Å²) in [5.74, 6) is 0. The maximum absolute atomic E-state index is 10.5. The number of carboxylic acid groups (broad SMARTS) is 1. The molecule has 1 fully saturated rings. The number of rotatable bonds is 1. The minimum atomic E-state index is -0.853. The minimum Gasteiger partial charge on any atom is -0.465 e. The average molecular weight is 204 g/mol. The van der Waals surface area contributed by atoms with E-state index in [1.165, 1.54) is 4.90 Å². The fraction of sp³-hybridized carbons (Fsp3) is 0.273. The first-order valence-electron chi connectivity index (χ1n) is 4.75. The number of nitrogens with zero attached hydrogens (tertiary/aromatic N) is 2. The van der Waals surface area contributed by atoms with E-state index in [4.69, 9.17) is 5.11 Å². The first kappa shape index (κ1) is 9.71. The third-order valence-electron chi connectivity index (χ3n) is 2.36. The molecular weight excluding hydrogens is 192 g/mol. The molecule has 2 rings (SSSR count). The van der Waals surface area contributed by atoms with Gasteiger partial charge in [0.1, 0.15) is 0 Å². The van der Waals surface area contributed by atoms with Crippen LogP contribution in [0.4, 0.5) is 4.79 Å². The van der Waals surface area contributed by atoms with E-state index in [1.54, 1.807) is 6.20 Å². The fourth-order valence-electron chi connectivity index (χ4n) is 1.47. The van der Waals surface area contributed by atoms with Crippen molar-refractivity contribution < 1.29 is 9.90 Å². The van der Waals surface area contributed by atoms with Crippen LogP contribution in [0.5, 0.6) is 0 Å². The third kappa shape index (κ3) is 2.15. The van der Waals surface area contributed by atoms with Crippen LogP contribution in [-0.4, -0.2) is 34.2 Å². The van der Waals surface area contributed by atoms with E-state index in [-0.39, 0.29) is 0 Å². The van der Waals surface area contributed by atoms with Crippen LogP contribution in [0, 0.1) is 6.92 Å². The van der Waals surface area contributed by atoms with Crippen LogP contribution >= 0.6 is 0 Å². The Hall–Kier alpha value is -1.84. The van der Waals surface area contributed by atoms with E-state index in [2.05, 4.69) is 4.98 Å². The normalized spacial score (nSPS) is 14.7. The molecule has 1 aliphatic rings. The lowest BCUT2D eigenvalue weighted by Crippen LogP contribution is -2.43. The summed E-state index contributed by atoms with van der Waals surface area (Å²) < 4.78 is 0. The van der Waals surface area contributed by atoms with Crippen molar-refractivity contribution in [2.24, 2.45) is 0 Å². The average Bonchev–Trinajstić information content (AvgIpc) is 2.13. The maximum Gasteiger partial charge on any atom is 0.407 e. The van der Waals surface area contributed by atoms with E-state index < -0.39 is 6.09 Å². The summed E-state index contributed by atoms with van der Waals surface area (Å²) in [6.07, 6.45) is 2.94. The van der Waals surface area contributed by atoms with Crippen LogP contribution in [0.3, 0.4) is 0 Å². The Morgan fingerprint density at radius 3 is 2.80 bits per heavy atom. The predicted octanol–water partition coefficient (Wildman–Crippen LogP) is 1.77. The number of pyridine rings is 1. The minimum absolute atomic E-state index is 0.517. The van der Waals surface area contributed by atoms with Gasteiger partial charge >= 0.3 is 6.09 Å². The summed E-state index contributed by atoms with van der Waals surface area (Å²) >= 11 is 0. The highest BCUT2D eigenvalue weighted by Crippen LogP contribution is 2.17. The molecular formula is C11H12N2O2. The van der Waals surface area contributed by atoms with Gasteiger partial charge in [0.05, 0.1) is 0 Å².